The maximum Gasteiger partial charge on any atom is 0.186 e. The lowest BCUT2D eigenvalue weighted by molar-refractivity contribution is 0.122. The fourth-order valence-electron chi connectivity index (χ4n) is 1.87. The molecule has 1 saturated heterocycles. The van der Waals surface area contributed by atoms with E-state index in [2.05, 4.69) is 25.7 Å². The fraction of sp³-hybridized carbons (Fsp3) is 0.667. The van der Waals surface area contributed by atoms with Gasteiger partial charge >= 0.3 is 0 Å². The van der Waals surface area contributed by atoms with Gasteiger partial charge in [-0.3, -0.25) is 0 Å². The van der Waals surface area contributed by atoms with Crippen LogP contribution in [0.15, 0.2) is 0 Å². The Morgan fingerprint density at radius 3 is 2.44 bits per heavy atom. The van der Waals surface area contributed by atoms with E-state index in [-0.39, 0.29) is 5.41 Å². The van der Waals surface area contributed by atoms with Gasteiger partial charge in [0, 0.05) is 18.5 Å². The van der Waals surface area contributed by atoms with Crippen LogP contribution in [-0.2, 0) is 10.2 Å². The zero-order valence-corrected chi connectivity index (χ0v) is 12.7. The first-order valence-corrected chi connectivity index (χ1v) is 7.26. The number of ether oxygens (including phenoxy) is 1. The van der Waals surface area contributed by atoms with Crippen LogP contribution < -0.4 is 10.6 Å². The summed E-state index contributed by atoms with van der Waals surface area (Å²) >= 11 is 6.73. The van der Waals surface area contributed by atoms with E-state index in [9.17, 15) is 0 Å². The molecule has 1 aliphatic rings. The van der Waals surface area contributed by atoms with Gasteiger partial charge in [0.1, 0.15) is 4.99 Å². The minimum absolute atomic E-state index is 0.0419. The number of thiazole rings is 1. The first-order valence-electron chi connectivity index (χ1n) is 6.03. The highest BCUT2D eigenvalue weighted by Gasteiger charge is 2.26. The molecule has 1 aliphatic heterocycles. The van der Waals surface area contributed by atoms with Crippen LogP contribution in [0, 0.1) is 0 Å². The molecule has 2 N–H and O–H groups in total. The first kappa shape index (κ1) is 13.7. The van der Waals surface area contributed by atoms with Crippen molar-refractivity contribution in [2.24, 2.45) is 5.73 Å². The second kappa shape index (κ2) is 5.11. The van der Waals surface area contributed by atoms with Crippen molar-refractivity contribution in [2.75, 3.05) is 31.2 Å². The maximum absolute atomic E-state index is 5.81. The van der Waals surface area contributed by atoms with Crippen molar-refractivity contribution >= 4 is 33.7 Å². The molecule has 4 nitrogen and oxygen atoms in total. The van der Waals surface area contributed by atoms with E-state index < -0.39 is 0 Å². The number of anilines is 1. The lowest BCUT2D eigenvalue weighted by atomic mass is 9.91. The van der Waals surface area contributed by atoms with Crippen LogP contribution in [0.3, 0.4) is 0 Å². The normalized spacial score (nSPS) is 16.9. The van der Waals surface area contributed by atoms with Gasteiger partial charge in [-0.05, 0) is 0 Å². The monoisotopic (exact) mass is 285 g/mol. The topological polar surface area (TPSA) is 51.4 Å². The molecule has 2 heterocycles. The Balaban J connectivity index is 2.35. The fourth-order valence-corrected chi connectivity index (χ4v) is 3.28. The number of thiocarbonyl (C=S) groups is 1. The van der Waals surface area contributed by atoms with Gasteiger partial charge in [0.05, 0.1) is 23.8 Å². The Morgan fingerprint density at radius 2 is 2.00 bits per heavy atom. The van der Waals surface area contributed by atoms with Crippen molar-refractivity contribution in [2.45, 2.75) is 26.2 Å². The van der Waals surface area contributed by atoms with E-state index in [0.717, 1.165) is 42.0 Å². The minimum atomic E-state index is -0.0419. The molecule has 2 rings (SSSR count). The third kappa shape index (κ3) is 2.81. The van der Waals surface area contributed by atoms with Crippen molar-refractivity contribution in [3.63, 3.8) is 0 Å². The number of nitrogens with two attached hydrogens (primary N) is 1. The lowest BCUT2D eigenvalue weighted by Gasteiger charge is -2.26. The number of aromatic nitrogens is 1. The van der Waals surface area contributed by atoms with E-state index in [1.165, 1.54) is 0 Å². The van der Waals surface area contributed by atoms with Gasteiger partial charge in [0.25, 0.3) is 0 Å². The van der Waals surface area contributed by atoms with Crippen molar-refractivity contribution in [1.29, 1.82) is 0 Å². The van der Waals surface area contributed by atoms with Crippen LogP contribution in [0.2, 0.25) is 0 Å². The number of morpholine rings is 1. The van der Waals surface area contributed by atoms with E-state index >= 15 is 0 Å². The van der Waals surface area contributed by atoms with E-state index in [4.69, 9.17) is 27.7 Å². The summed E-state index contributed by atoms with van der Waals surface area (Å²) in [5.41, 5.74) is 6.77. The summed E-state index contributed by atoms with van der Waals surface area (Å²) in [5, 5.41) is 1.01. The Labute approximate surface area is 117 Å². The molecule has 0 unspecified atom stereocenters. The van der Waals surface area contributed by atoms with Crippen LogP contribution in [-0.4, -0.2) is 36.3 Å². The molecule has 0 radical (unpaired) electrons. The number of hydrogen-bond acceptors (Lipinski definition) is 5. The number of nitrogens with zero attached hydrogens (tertiary/aromatic N) is 2. The van der Waals surface area contributed by atoms with Crippen molar-refractivity contribution in [3.05, 3.63) is 10.6 Å². The summed E-state index contributed by atoms with van der Waals surface area (Å²) in [6.45, 7) is 9.67. The Hall–Kier alpha value is -0.720. The first-order chi connectivity index (χ1) is 8.39. The highest BCUT2D eigenvalue weighted by atomic mass is 32.1. The van der Waals surface area contributed by atoms with Crippen LogP contribution in [0.4, 0.5) is 5.13 Å². The smallest absolute Gasteiger partial charge is 0.186 e. The number of hydrogen-bond donors (Lipinski definition) is 1. The molecule has 6 heteroatoms. The summed E-state index contributed by atoms with van der Waals surface area (Å²) in [6.07, 6.45) is 0. The highest BCUT2D eigenvalue weighted by Crippen LogP contribution is 2.34. The zero-order valence-electron chi connectivity index (χ0n) is 11.0. The molecule has 1 aromatic heterocycles. The average Bonchev–Trinajstić information content (AvgIpc) is 2.74. The molecule has 0 aliphatic carbocycles. The SMILES string of the molecule is CC(C)(C)c1nc(N2CCOCC2)sc1C(N)=S. The molecule has 0 atom stereocenters. The van der Waals surface area contributed by atoms with Crippen molar-refractivity contribution < 1.29 is 4.74 Å². The van der Waals surface area contributed by atoms with Gasteiger partial charge in [-0.15, -0.1) is 0 Å². The third-order valence-corrected chi connectivity index (χ3v) is 4.31. The zero-order chi connectivity index (χ0) is 13.3. The molecular formula is C12H19N3OS2. The maximum atomic E-state index is 5.81. The van der Waals surface area contributed by atoms with E-state index in [0.29, 0.717) is 4.99 Å². The van der Waals surface area contributed by atoms with Crippen LogP contribution in [0.5, 0.6) is 0 Å². The second-order valence-corrected chi connectivity index (χ2v) is 6.81. The highest BCUT2D eigenvalue weighted by molar-refractivity contribution is 7.81. The molecule has 18 heavy (non-hydrogen) atoms. The summed E-state index contributed by atoms with van der Waals surface area (Å²) in [7, 11) is 0. The standard InChI is InChI=1S/C12H19N3OS2/c1-12(2,3)9-8(10(13)17)18-11(14-9)15-4-6-16-7-5-15/h4-7H2,1-3H3,(H2,13,17). The van der Waals surface area contributed by atoms with Crippen LogP contribution >= 0.6 is 23.6 Å². The molecular weight excluding hydrogens is 266 g/mol. The average molecular weight is 285 g/mol. The largest absolute Gasteiger partial charge is 0.389 e. The number of rotatable bonds is 2. The minimum Gasteiger partial charge on any atom is -0.389 e. The summed E-state index contributed by atoms with van der Waals surface area (Å²) in [5.74, 6) is 0. The van der Waals surface area contributed by atoms with E-state index in [1.54, 1.807) is 11.3 Å². The quantitative estimate of drug-likeness (QED) is 0.841. The van der Waals surface area contributed by atoms with Gasteiger partial charge in [0.2, 0.25) is 0 Å². The summed E-state index contributed by atoms with van der Waals surface area (Å²) in [4.78, 5) is 8.37. The molecule has 100 valence electrons. The Bertz CT molecular complexity index is 445. The predicted molar refractivity (Wildman–Crippen MR) is 79.7 cm³/mol. The molecule has 1 aromatic rings. The molecule has 0 bridgehead atoms. The van der Waals surface area contributed by atoms with Gasteiger partial charge in [-0.25, -0.2) is 4.98 Å². The van der Waals surface area contributed by atoms with Crippen LogP contribution in [0.25, 0.3) is 0 Å². The predicted octanol–water partition coefficient (Wildman–Crippen LogP) is 1.91. The molecule has 0 saturated carbocycles. The molecule has 0 aromatic carbocycles. The molecule has 1 fully saturated rings. The van der Waals surface area contributed by atoms with Crippen molar-refractivity contribution in [3.8, 4) is 0 Å². The van der Waals surface area contributed by atoms with Gasteiger partial charge < -0.3 is 15.4 Å². The second-order valence-electron chi connectivity index (χ2n) is 5.39. The lowest BCUT2D eigenvalue weighted by Crippen LogP contribution is -2.36. The Morgan fingerprint density at radius 1 is 1.39 bits per heavy atom. The summed E-state index contributed by atoms with van der Waals surface area (Å²) in [6, 6.07) is 0. The van der Waals surface area contributed by atoms with Crippen molar-refractivity contribution in [1.82, 2.24) is 4.98 Å². The molecule has 0 amide bonds. The summed E-state index contributed by atoms with van der Waals surface area (Å²) < 4.78 is 5.36. The van der Waals surface area contributed by atoms with Crippen LogP contribution in [0.1, 0.15) is 31.3 Å². The van der Waals surface area contributed by atoms with E-state index in [1.807, 2.05) is 0 Å². The van der Waals surface area contributed by atoms with Gasteiger partial charge in [-0.2, -0.15) is 0 Å². The Kier molecular flexibility index (Phi) is 3.89. The van der Waals surface area contributed by atoms with Gasteiger partial charge in [-0.1, -0.05) is 44.3 Å². The van der Waals surface area contributed by atoms with Gasteiger partial charge in [0.15, 0.2) is 5.13 Å². The third-order valence-electron chi connectivity index (χ3n) is 2.83. The molecule has 0 spiro atoms.